The zero-order valence-electron chi connectivity index (χ0n) is 24.2. The van der Waals surface area contributed by atoms with Gasteiger partial charge in [0.2, 0.25) is 11.8 Å². The van der Waals surface area contributed by atoms with Crippen molar-refractivity contribution < 1.29 is 28.6 Å². The minimum Gasteiger partial charge on any atom is -0.491 e. The molecule has 228 valence electrons. The first-order chi connectivity index (χ1) is 20.4. The third-order valence-corrected chi connectivity index (χ3v) is 8.26. The topological polar surface area (TPSA) is 121 Å². The number of aryl methyl sites for hydroxylation is 2. The lowest BCUT2D eigenvalue weighted by atomic mass is 9.92. The number of aliphatic carboxylic acids is 1. The van der Waals surface area contributed by atoms with Crippen molar-refractivity contribution in [3.05, 3.63) is 59.4 Å². The number of ether oxygens (including phenoxy) is 1. The Morgan fingerprint density at radius 1 is 1.10 bits per heavy atom. The molecule has 2 aliphatic heterocycles. The van der Waals surface area contributed by atoms with E-state index in [1.54, 1.807) is 12.4 Å². The van der Waals surface area contributed by atoms with Gasteiger partial charge in [-0.3, -0.25) is 19.4 Å². The number of carboxylic acid groups (broad SMARTS) is 1. The summed E-state index contributed by atoms with van der Waals surface area (Å²) in [4.78, 5) is 44.1. The van der Waals surface area contributed by atoms with Crippen LogP contribution in [-0.2, 0) is 27.2 Å². The maximum atomic E-state index is 13.3. The lowest BCUT2D eigenvalue weighted by Crippen LogP contribution is -2.46. The first-order valence-electron chi connectivity index (χ1n) is 15.1. The predicted molar refractivity (Wildman–Crippen MR) is 157 cm³/mol. The number of likely N-dealkylation sites (tertiary alicyclic amines) is 1. The van der Waals surface area contributed by atoms with Crippen LogP contribution >= 0.6 is 0 Å². The molecule has 2 saturated heterocycles. The molecule has 4 rings (SSSR count). The van der Waals surface area contributed by atoms with Crippen molar-refractivity contribution in [2.75, 3.05) is 39.5 Å². The van der Waals surface area contributed by atoms with Crippen molar-refractivity contribution in [3.8, 4) is 5.75 Å². The number of nitrogens with one attached hydrogen (secondary N) is 2. The van der Waals surface area contributed by atoms with E-state index < -0.39 is 18.7 Å². The molecule has 0 saturated carbocycles. The number of pyridine rings is 1. The van der Waals surface area contributed by atoms with Gasteiger partial charge in [-0.1, -0.05) is 18.2 Å². The quantitative estimate of drug-likeness (QED) is 0.310. The summed E-state index contributed by atoms with van der Waals surface area (Å²) in [6.07, 6.45) is 9.51. The molecule has 0 aliphatic carbocycles. The number of halogens is 1. The van der Waals surface area contributed by atoms with Crippen LogP contribution in [0.15, 0.2) is 42.7 Å². The van der Waals surface area contributed by atoms with Gasteiger partial charge in [-0.05, 0) is 92.8 Å². The van der Waals surface area contributed by atoms with Gasteiger partial charge in [-0.25, -0.2) is 4.39 Å². The molecule has 2 fully saturated rings. The lowest BCUT2D eigenvalue weighted by Gasteiger charge is -2.33. The molecule has 2 aliphatic rings. The average Bonchev–Trinajstić information content (AvgIpc) is 3.02. The van der Waals surface area contributed by atoms with Crippen LogP contribution in [0, 0.1) is 11.8 Å². The van der Waals surface area contributed by atoms with Crippen LogP contribution in [0.5, 0.6) is 5.75 Å². The molecule has 3 N–H and O–H groups in total. The number of rotatable bonds is 14. The normalized spacial score (nSPS) is 18.3. The molecule has 1 aromatic carbocycles. The van der Waals surface area contributed by atoms with Crippen LogP contribution in [0.25, 0.3) is 0 Å². The highest BCUT2D eigenvalue weighted by molar-refractivity contribution is 5.82. The number of carbonyl (C=O) groups excluding carboxylic acids is 2. The molecule has 0 radical (unpaired) electrons. The minimum atomic E-state index is -1.01. The number of nitrogens with zero attached hydrogens (tertiary/aromatic N) is 2. The van der Waals surface area contributed by atoms with E-state index in [4.69, 9.17) is 4.74 Å². The number of hydrogen-bond acceptors (Lipinski definition) is 6. The summed E-state index contributed by atoms with van der Waals surface area (Å²) in [5, 5.41) is 15.9. The summed E-state index contributed by atoms with van der Waals surface area (Å²) in [7, 11) is 0. The fourth-order valence-corrected chi connectivity index (χ4v) is 5.82. The molecule has 2 aromatic rings. The third-order valence-electron chi connectivity index (χ3n) is 8.26. The fourth-order valence-electron chi connectivity index (χ4n) is 5.82. The number of aromatic nitrogens is 1. The standard InChI is InChI=1S/C32H43FN4O5/c33-13-17-42-28-8-5-23(6-9-28)3-4-25-18-27(21-35-20-25)29(19-31(39)40)36-32(41)26-2-1-16-37(22-26)30(38)10-7-24-11-14-34-15-12-24/h5-6,8-9,18,20-21,24,26,29,34H,1-4,7,10-17,19,22H2,(H,36,41)(H,39,40)/t26-,29+/m1/s1/i33-1. The zero-order chi connectivity index (χ0) is 29.7. The molecule has 2 amide bonds. The first kappa shape index (κ1) is 31.4. The summed E-state index contributed by atoms with van der Waals surface area (Å²) in [6.45, 7) is 2.54. The molecule has 0 spiro atoms. The van der Waals surface area contributed by atoms with E-state index in [1.807, 2.05) is 35.2 Å². The van der Waals surface area contributed by atoms with Crippen molar-refractivity contribution in [2.24, 2.45) is 11.8 Å². The van der Waals surface area contributed by atoms with Crippen LogP contribution in [-0.4, -0.2) is 72.2 Å². The molecular weight excluding hydrogens is 538 g/mol. The second-order valence-electron chi connectivity index (χ2n) is 11.4. The molecule has 10 heteroatoms. The van der Waals surface area contributed by atoms with Crippen LogP contribution in [0.3, 0.4) is 0 Å². The average molecular weight is 582 g/mol. The van der Waals surface area contributed by atoms with Gasteiger partial charge in [-0.15, -0.1) is 0 Å². The first-order valence-corrected chi connectivity index (χ1v) is 15.1. The van der Waals surface area contributed by atoms with Gasteiger partial charge < -0.3 is 25.4 Å². The largest absolute Gasteiger partial charge is 0.491 e. The predicted octanol–water partition coefficient (Wildman–Crippen LogP) is 3.87. The maximum absolute atomic E-state index is 13.3. The highest BCUT2D eigenvalue weighted by Crippen LogP contribution is 2.24. The number of hydrogen-bond donors (Lipinski definition) is 3. The number of amides is 2. The number of benzene rings is 1. The molecular formula is C32H43FN4O5. The second-order valence-corrected chi connectivity index (χ2v) is 11.4. The Hall–Kier alpha value is -3.53. The van der Waals surface area contributed by atoms with E-state index in [1.165, 1.54) is 0 Å². The Labute approximate surface area is 247 Å². The van der Waals surface area contributed by atoms with Crippen LogP contribution < -0.4 is 15.4 Å². The smallest absolute Gasteiger partial charge is 0.305 e. The van der Waals surface area contributed by atoms with E-state index in [0.29, 0.717) is 49.6 Å². The van der Waals surface area contributed by atoms with Crippen molar-refractivity contribution in [1.29, 1.82) is 0 Å². The Morgan fingerprint density at radius 2 is 1.86 bits per heavy atom. The summed E-state index contributed by atoms with van der Waals surface area (Å²) >= 11 is 0. The van der Waals surface area contributed by atoms with Crippen LogP contribution in [0.4, 0.5) is 4.39 Å². The van der Waals surface area contributed by atoms with Crippen LogP contribution in [0.2, 0.25) is 0 Å². The third kappa shape index (κ3) is 9.79. The Bertz CT molecular complexity index is 1170. The Morgan fingerprint density at radius 3 is 2.60 bits per heavy atom. The lowest BCUT2D eigenvalue weighted by molar-refractivity contribution is -0.138. The van der Waals surface area contributed by atoms with Crippen molar-refractivity contribution in [3.63, 3.8) is 0 Å². The number of carboxylic acids is 1. The zero-order valence-corrected chi connectivity index (χ0v) is 24.2. The van der Waals surface area contributed by atoms with Gasteiger partial charge in [0, 0.05) is 31.9 Å². The van der Waals surface area contributed by atoms with Crippen molar-refractivity contribution >= 4 is 17.8 Å². The van der Waals surface area contributed by atoms with Gasteiger partial charge in [0.25, 0.3) is 0 Å². The van der Waals surface area contributed by atoms with Crippen molar-refractivity contribution in [2.45, 2.75) is 63.8 Å². The summed E-state index contributed by atoms with van der Waals surface area (Å²) < 4.78 is 17.6. The maximum Gasteiger partial charge on any atom is 0.305 e. The molecule has 42 heavy (non-hydrogen) atoms. The number of carbonyl (C=O) groups is 3. The number of piperidine rings is 2. The Kier molecular flexibility index (Phi) is 12.1. The van der Waals surface area contributed by atoms with Gasteiger partial charge in [-0.2, -0.15) is 0 Å². The van der Waals surface area contributed by atoms with E-state index in [9.17, 15) is 23.9 Å². The van der Waals surface area contributed by atoms with E-state index in [-0.39, 0.29) is 30.8 Å². The number of alkyl halides is 1. The highest BCUT2D eigenvalue weighted by Gasteiger charge is 2.30. The SMILES string of the molecule is O=C(O)C[C@H](NC(=O)[C@@H]1CCCN(C(=O)CCC2CCNCC2)C1)c1cncc(CCc2ccc(OCC[18F])cc2)c1. The molecule has 2 atom stereocenters. The van der Waals surface area contributed by atoms with Gasteiger partial charge >= 0.3 is 5.97 Å². The summed E-state index contributed by atoms with van der Waals surface area (Å²) in [5.74, 6) is -0.307. The van der Waals surface area contributed by atoms with Gasteiger partial charge in [0.1, 0.15) is 19.0 Å². The van der Waals surface area contributed by atoms with E-state index in [0.717, 1.165) is 56.3 Å². The van der Waals surface area contributed by atoms with Crippen molar-refractivity contribution in [1.82, 2.24) is 20.5 Å². The van der Waals surface area contributed by atoms with Gasteiger partial charge in [0.05, 0.1) is 18.4 Å². The minimum absolute atomic E-state index is 0.0294. The molecule has 0 bridgehead atoms. The molecule has 1 aromatic heterocycles. The summed E-state index contributed by atoms with van der Waals surface area (Å²) in [6, 6.07) is 8.67. The molecule has 9 nitrogen and oxygen atoms in total. The Balaban J connectivity index is 1.32. The summed E-state index contributed by atoms with van der Waals surface area (Å²) in [5.41, 5.74) is 2.65. The highest BCUT2D eigenvalue weighted by atomic mass is 18.2. The van der Waals surface area contributed by atoms with E-state index >= 15 is 0 Å². The van der Waals surface area contributed by atoms with Gasteiger partial charge in [0.15, 0.2) is 0 Å². The second kappa shape index (κ2) is 16.2. The van der Waals surface area contributed by atoms with E-state index in [2.05, 4.69) is 15.6 Å². The fraction of sp³-hybridized carbons (Fsp3) is 0.562. The molecule has 0 unspecified atom stereocenters. The molecule has 3 heterocycles. The monoisotopic (exact) mass is 581 g/mol. The van der Waals surface area contributed by atoms with Crippen LogP contribution in [0.1, 0.15) is 67.7 Å².